The lowest BCUT2D eigenvalue weighted by atomic mass is 10.0. The van der Waals surface area contributed by atoms with E-state index in [1.54, 1.807) is 23.1 Å². The highest BCUT2D eigenvalue weighted by atomic mass is 35.5. The van der Waals surface area contributed by atoms with Crippen LogP contribution in [0.25, 0.3) is 17.3 Å². The molecule has 1 aliphatic heterocycles. The third-order valence-electron chi connectivity index (χ3n) is 4.65. The first-order valence-electron chi connectivity index (χ1n) is 8.65. The molecule has 0 aliphatic carbocycles. The van der Waals surface area contributed by atoms with Crippen LogP contribution in [0.2, 0.25) is 5.02 Å². The van der Waals surface area contributed by atoms with Crippen LogP contribution in [-0.2, 0) is 17.8 Å². The Morgan fingerprint density at radius 3 is 2.63 bits per heavy atom. The van der Waals surface area contributed by atoms with Crippen LogP contribution in [0.1, 0.15) is 16.8 Å². The van der Waals surface area contributed by atoms with Gasteiger partial charge in [-0.2, -0.15) is 5.10 Å². The predicted molar refractivity (Wildman–Crippen MR) is 104 cm³/mol. The number of carbonyl (C=O) groups is 1. The second kappa shape index (κ2) is 7.37. The van der Waals surface area contributed by atoms with Gasteiger partial charge in [-0.15, -0.1) is 0 Å². The van der Waals surface area contributed by atoms with Gasteiger partial charge in [0, 0.05) is 47.4 Å². The fourth-order valence-electron chi connectivity index (χ4n) is 3.18. The molecule has 0 saturated carbocycles. The Morgan fingerprint density at radius 1 is 1.15 bits per heavy atom. The van der Waals surface area contributed by atoms with E-state index in [-0.39, 0.29) is 11.7 Å². The van der Waals surface area contributed by atoms with Crippen LogP contribution < -0.4 is 0 Å². The number of hydrogen-bond acceptors (Lipinski definition) is 2. The second-order valence-corrected chi connectivity index (χ2v) is 6.87. The van der Waals surface area contributed by atoms with Crippen LogP contribution in [0.5, 0.6) is 0 Å². The standard InChI is InChI=1S/C21H17ClFN3O/c22-16-6-4-15(5-7-16)21-18-13-26(12-11-19(18)24-25-21)20(27)10-3-14-1-8-17(23)9-2-14/h1-10H,11-13H2,(H,24,25)/b10-3+. The van der Waals surface area contributed by atoms with Gasteiger partial charge in [-0.05, 0) is 35.9 Å². The molecule has 1 N–H and O–H groups in total. The van der Waals surface area contributed by atoms with Gasteiger partial charge in [-0.25, -0.2) is 4.39 Å². The zero-order valence-corrected chi connectivity index (χ0v) is 15.2. The second-order valence-electron chi connectivity index (χ2n) is 6.43. The maximum Gasteiger partial charge on any atom is 0.246 e. The SMILES string of the molecule is O=C(/C=C/c1ccc(F)cc1)N1CCc2[nH]nc(-c3ccc(Cl)cc3)c2C1. The number of hydrogen-bond donors (Lipinski definition) is 1. The number of aromatic nitrogens is 2. The lowest BCUT2D eigenvalue weighted by molar-refractivity contribution is -0.126. The van der Waals surface area contributed by atoms with Gasteiger partial charge in [0.15, 0.2) is 0 Å². The molecule has 2 heterocycles. The number of halogens is 2. The number of benzene rings is 2. The third kappa shape index (κ3) is 3.78. The summed E-state index contributed by atoms with van der Waals surface area (Å²) in [5.41, 5.74) is 4.70. The molecule has 0 fully saturated rings. The molecule has 27 heavy (non-hydrogen) atoms. The predicted octanol–water partition coefficient (Wildman–Crippen LogP) is 4.47. The molecule has 0 unspecified atom stereocenters. The molecule has 6 heteroatoms. The van der Waals surface area contributed by atoms with Gasteiger partial charge in [0.25, 0.3) is 0 Å². The quantitative estimate of drug-likeness (QED) is 0.680. The number of carbonyl (C=O) groups excluding carboxylic acids is 1. The molecule has 136 valence electrons. The molecule has 1 aliphatic rings. The Kier molecular flexibility index (Phi) is 4.77. The van der Waals surface area contributed by atoms with Crippen LogP contribution >= 0.6 is 11.6 Å². The van der Waals surface area contributed by atoms with Gasteiger partial charge < -0.3 is 4.90 Å². The first-order chi connectivity index (χ1) is 13.1. The minimum absolute atomic E-state index is 0.0757. The van der Waals surface area contributed by atoms with Crippen LogP contribution in [0.4, 0.5) is 4.39 Å². The van der Waals surface area contributed by atoms with Gasteiger partial charge in [0.2, 0.25) is 5.91 Å². The molecule has 0 bridgehead atoms. The summed E-state index contributed by atoms with van der Waals surface area (Å²) in [6.07, 6.45) is 3.96. The van der Waals surface area contributed by atoms with Gasteiger partial charge in [-0.3, -0.25) is 9.89 Å². The molecular formula is C21H17ClFN3O. The average molecular weight is 382 g/mol. The Hall–Kier alpha value is -2.92. The largest absolute Gasteiger partial charge is 0.334 e. The number of nitrogens with zero attached hydrogens (tertiary/aromatic N) is 2. The van der Waals surface area contributed by atoms with Crippen molar-refractivity contribution in [2.75, 3.05) is 6.54 Å². The molecule has 1 aromatic heterocycles. The van der Waals surface area contributed by atoms with E-state index in [0.29, 0.717) is 18.1 Å². The van der Waals surface area contributed by atoms with Gasteiger partial charge in [-0.1, -0.05) is 35.9 Å². The molecule has 0 spiro atoms. The summed E-state index contributed by atoms with van der Waals surface area (Å²) in [4.78, 5) is 14.4. The van der Waals surface area contributed by atoms with Gasteiger partial charge >= 0.3 is 0 Å². The highest BCUT2D eigenvalue weighted by molar-refractivity contribution is 6.30. The number of H-pyrrole nitrogens is 1. The van der Waals surface area contributed by atoms with Crippen molar-refractivity contribution in [1.29, 1.82) is 0 Å². The number of fused-ring (bicyclic) bond motifs is 1. The Bertz CT molecular complexity index is 993. The lowest BCUT2D eigenvalue weighted by Gasteiger charge is -2.26. The molecule has 2 aromatic carbocycles. The highest BCUT2D eigenvalue weighted by Gasteiger charge is 2.24. The summed E-state index contributed by atoms with van der Waals surface area (Å²) in [7, 11) is 0. The van der Waals surface area contributed by atoms with Crippen molar-refractivity contribution in [1.82, 2.24) is 15.1 Å². The molecule has 4 nitrogen and oxygen atoms in total. The summed E-state index contributed by atoms with van der Waals surface area (Å²) >= 11 is 5.97. The fourth-order valence-corrected chi connectivity index (χ4v) is 3.30. The molecule has 1 amide bonds. The fraction of sp³-hybridized carbons (Fsp3) is 0.143. The number of nitrogens with one attached hydrogen (secondary N) is 1. The minimum atomic E-state index is -0.295. The third-order valence-corrected chi connectivity index (χ3v) is 4.90. The molecule has 4 rings (SSSR count). The number of aromatic amines is 1. The van der Waals surface area contributed by atoms with E-state index < -0.39 is 0 Å². The van der Waals surface area contributed by atoms with E-state index in [0.717, 1.165) is 34.5 Å². The van der Waals surface area contributed by atoms with Crippen LogP contribution in [0.15, 0.2) is 54.6 Å². The van der Waals surface area contributed by atoms with Crippen molar-refractivity contribution in [2.24, 2.45) is 0 Å². The topological polar surface area (TPSA) is 49.0 Å². The number of amides is 1. The van der Waals surface area contributed by atoms with Crippen molar-refractivity contribution < 1.29 is 9.18 Å². The molecular weight excluding hydrogens is 365 g/mol. The van der Waals surface area contributed by atoms with E-state index >= 15 is 0 Å². The van der Waals surface area contributed by atoms with Gasteiger partial charge in [0.1, 0.15) is 5.82 Å². The Balaban J connectivity index is 1.52. The zero-order valence-electron chi connectivity index (χ0n) is 14.5. The molecule has 0 atom stereocenters. The van der Waals surface area contributed by atoms with Crippen molar-refractivity contribution in [3.63, 3.8) is 0 Å². The van der Waals surface area contributed by atoms with E-state index in [2.05, 4.69) is 10.2 Å². The van der Waals surface area contributed by atoms with E-state index in [4.69, 9.17) is 11.6 Å². The summed E-state index contributed by atoms with van der Waals surface area (Å²) in [5.74, 6) is -0.370. The van der Waals surface area contributed by atoms with Crippen LogP contribution in [0, 0.1) is 5.82 Å². The molecule has 0 radical (unpaired) electrons. The first kappa shape index (κ1) is 17.5. The lowest BCUT2D eigenvalue weighted by Crippen LogP contribution is -2.34. The smallest absolute Gasteiger partial charge is 0.246 e. The number of rotatable bonds is 3. The average Bonchev–Trinajstić information content (AvgIpc) is 3.11. The van der Waals surface area contributed by atoms with Crippen molar-refractivity contribution >= 4 is 23.6 Å². The van der Waals surface area contributed by atoms with E-state index in [1.807, 2.05) is 24.3 Å². The maximum atomic E-state index is 13.0. The zero-order chi connectivity index (χ0) is 18.8. The van der Waals surface area contributed by atoms with E-state index in [1.165, 1.54) is 18.2 Å². The monoisotopic (exact) mass is 381 g/mol. The maximum absolute atomic E-state index is 13.0. The summed E-state index contributed by atoms with van der Waals surface area (Å²) in [6, 6.07) is 13.5. The Morgan fingerprint density at radius 2 is 1.89 bits per heavy atom. The Labute approximate surface area is 161 Å². The van der Waals surface area contributed by atoms with Gasteiger partial charge in [0.05, 0.1) is 5.69 Å². The summed E-state index contributed by atoms with van der Waals surface area (Å²) < 4.78 is 13.0. The van der Waals surface area contributed by atoms with Crippen molar-refractivity contribution in [3.05, 3.63) is 82.3 Å². The van der Waals surface area contributed by atoms with Crippen LogP contribution in [-0.4, -0.2) is 27.5 Å². The first-order valence-corrected chi connectivity index (χ1v) is 9.02. The van der Waals surface area contributed by atoms with Crippen molar-refractivity contribution in [3.8, 4) is 11.3 Å². The molecule has 0 saturated heterocycles. The van der Waals surface area contributed by atoms with Crippen molar-refractivity contribution in [2.45, 2.75) is 13.0 Å². The van der Waals surface area contributed by atoms with E-state index in [9.17, 15) is 9.18 Å². The molecule has 3 aromatic rings. The normalized spacial score (nSPS) is 13.8. The highest BCUT2D eigenvalue weighted by Crippen LogP contribution is 2.29. The minimum Gasteiger partial charge on any atom is -0.334 e. The summed E-state index contributed by atoms with van der Waals surface area (Å²) in [6.45, 7) is 1.12. The van der Waals surface area contributed by atoms with Crippen LogP contribution in [0.3, 0.4) is 0 Å². The summed E-state index contributed by atoms with van der Waals surface area (Å²) in [5, 5.41) is 8.19.